The van der Waals surface area contributed by atoms with Crippen LogP contribution in [0.4, 0.5) is 0 Å². The van der Waals surface area contributed by atoms with E-state index in [-0.39, 0.29) is 5.91 Å². The van der Waals surface area contributed by atoms with Crippen LogP contribution in [0.3, 0.4) is 0 Å². The van der Waals surface area contributed by atoms with Crippen molar-refractivity contribution in [1.82, 2.24) is 14.5 Å². The van der Waals surface area contributed by atoms with Gasteiger partial charge in [-0.05, 0) is 37.5 Å². The van der Waals surface area contributed by atoms with Crippen LogP contribution >= 0.6 is 11.6 Å². The summed E-state index contributed by atoms with van der Waals surface area (Å²) < 4.78 is 2.09. The molecule has 4 nitrogen and oxygen atoms in total. The average Bonchev–Trinajstić information content (AvgIpc) is 3.13. The molecule has 3 rings (SSSR count). The molecule has 23 heavy (non-hydrogen) atoms. The molecule has 2 heterocycles. The first-order valence-electron chi connectivity index (χ1n) is 8.05. The van der Waals surface area contributed by atoms with E-state index in [1.54, 1.807) is 0 Å². The van der Waals surface area contributed by atoms with Gasteiger partial charge in [0.25, 0.3) is 0 Å². The number of hydrogen-bond donors (Lipinski definition) is 0. The Morgan fingerprint density at radius 2 is 2.09 bits per heavy atom. The largest absolute Gasteiger partial charge is 0.342 e. The standard InChI is InChI=1S/C18H22ClN3O/c1-13-11-21(2)18(20-13)15-9-10-22(12-15)17(23)8-5-14-3-6-16(19)7-4-14/h3-4,6-7,11,15H,5,8-10,12H2,1-2H3. The van der Waals surface area contributed by atoms with Crippen LogP contribution in [-0.4, -0.2) is 33.4 Å². The lowest BCUT2D eigenvalue weighted by Gasteiger charge is -2.16. The number of likely N-dealkylation sites (tertiary alicyclic amines) is 1. The van der Waals surface area contributed by atoms with E-state index in [9.17, 15) is 4.79 Å². The van der Waals surface area contributed by atoms with Crippen molar-refractivity contribution in [2.75, 3.05) is 13.1 Å². The molecule has 0 radical (unpaired) electrons. The predicted octanol–water partition coefficient (Wildman–Crippen LogP) is 3.33. The van der Waals surface area contributed by atoms with E-state index in [2.05, 4.69) is 9.55 Å². The van der Waals surface area contributed by atoms with Gasteiger partial charge in [0.05, 0.1) is 5.69 Å². The van der Waals surface area contributed by atoms with Crippen molar-refractivity contribution in [1.29, 1.82) is 0 Å². The lowest BCUT2D eigenvalue weighted by Crippen LogP contribution is -2.28. The third kappa shape index (κ3) is 3.75. The normalized spacial score (nSPS) is 17.7. The second-order valence-electron chi connectivity index (χ2n) is 6.30. The highest BCUT2D eigenvalue weighted by Gasteiger charge is 2.29. The van der Waals surface area contributed by atoms with Gasteiger partial charge in [0.2, 0.25) is 5.91 Å². The number of benzene rings is 1. The molecule has 0 spiro atoms. The van der Waals surface area contributed by atoms with E-state index in [0.29, 0.717) is 12.3 Å². The lowest BCUT2D eigenvalue weighted by molar-refractivity contribution is -0.130. The molecule has 0 aliphatic carbocycles. The third-order valence-electron chi connectivity index (χ3n) is 4.48. The number of carbonyl (C=O) groups is 1. The second kappa shape index (κ2) is 6.75. The molecule has 1 unspecified atom stereocenters. The van der Waals surface area contributed by atoms with Crippen LogP contribution in [0.15, 0.2) is 30.5 Å². The van der Waals surface area contributed by atoms with Gasteiger partial charge in [0, 0.05) is 43.7 Å². The van der Waals surface area contributed by atoms with Crippen molar-refractivity contribution in [3.8, 4) is 0 Å². The van der Waals surface area contributed by atoms with Crippen LogP contribution in [-0.2, 0) is 18.3 Å². The topological polar surface area (TPSA) is 38.1 Å². The molecule has 1 saturated heterocycles. The average molecular weight is 332 g/mol. The van der Waals surface area contributed by atoms with Crippen molar-refractivity contribution in [3.05, 3.63) is 52.6 Å². The first-order valence-corrected chi connectivity index (χ1v) is 8.43. The van der Waals surface area contributed by atoms with E-state index < -0.39 is 0 Å². The Hall–Kier alpha value is -1.81. The monoisotopic (exact) mass is 331 g/mol. The zero-order valence-electron chi connectivity index (χ0n) is 13.6. The number of rotatable bonds is 4. The van der Waals surface area contributed by atoms with Gasteiger partial charge in [-0.3, -0.25) is 4.79 Å². The van der Waals surface area contributed by atoms with E-state index in [0.717, 1.165) is 48.0 Å². The highest BCUT2D eigenvalue weighted by atomic mass is 35.5. The molecule has 1 aliphatic rings. The zero-order valence-corrected chi connectivity index (χ0v) is 14.4. The maximum absolute atomic E-state index is 12.4. The molecule has 0 saturated carbocycles. The predicted molar refractivity (Wildman–Crippen MR) is 91.7 cm³/mol. The minimum atomic E-state index is 0.230. The number of nitrogens with zero attached hydrogens (tertiary/aromatic N) is 3. The summed E-state index contributed by atoms with van der Waals surface area (Å²) in [4.78, 5) is 19.0. The number of amides is 1. The molecule has 1 aliphatic heterocycles. The number of halogens is 1. The van der Waals surface area contributed by atoms with Crippen molar-refractivity contribution >= 4 is 17.5 Å². The summed E-state index contributed by atoms with van der Waals surface area (Å²) in [7, 11) is 2.03. The number of hydrogen-bond acceptors (Lipinski definition) is 2. The summed E-state index contributed by atoms with van der Waals surface area (Å²) in [6.45, 7) is 3.62. The summed E-state index contributed by atoms with van der Waals surface area (Å²) in [5.74, 6) is 1.68. The van der Waals surface area contributed by atoms with Crippen molar-refractivity contribution in [2.45, 2.75) is 32.1 Å². The smallest absolute Gasteiger partial charge is 0.222 e. The fourth-order valence-electron chi connectivity index (χ4n) is 3.27. The van der Waals surface area contributed by atoms with Crippen LogP contribution in [0, 0.1) is 6.92 Å². The third-order valence-corrected chi connectivity index (χ3v) is 4.73. The van der Waals surface area contributed by atoms with Gasteiger partial charge < -0.3 is 9.47 Å². The maximum Gasteiger partial charge on any atom is 0.222 e. The first-order chi connectivity index (χ1) is 11.0. The van der Waals surface area contributed by atoms with Crippen molar-refractivity contribution in [2.24, 2.45) is 7.05 Å². The fraction of sp³-hybridized carbons (Fsp3) is 0.444. The quantitative estimate of drug-likeness (QED) is 0.862. The van der Waals surface area contributed by atoms with Crippen molar-refractivity contribution < 1.29 is 4.79 Å². The molecule has 122 valence electrons. The molecule has 1 amide bonds. The van der Waals surface area contributed by atoms with Gasteiger partial charge in [-0.1, -0.05) is 23.7 Å². The number of imidazole rings is 1. The van der Waals surface area contributed by atoms with Gasteiger partial charge in [-0.15, -0.1) is 0 Å². The molecule has 1 fully saturated rings. The molecular formula is C18H22ClN3O. The summed E-state index contributed by atoms with van der Waals surface area (Å²) in [6.07, 6.45) is 4.35. The Labute approximate surface area is 142 Å². The molecular weight excluding hydrogens is 310 g/mol. The van der Waals surface area contributed by atoms with Gasteiger partial charge in [0.1, 0.15) is 5.82 Å². The zero-order chi connectivity index (χ0) is 16.4. The number of carbonyl (C=O) groups excluding carboxylic acids is 1. The van der Waals surface area contributed by atoms with Gasteiger partial charge >= 0.3 is 0 Å². The van der Waals surface area contributed by atoms with Crippen LogP contribution in [0.2, 0.25) is 5.02 Å². The SMILES string of the molecule is Cc1cn(C)c(C2CCN(C(=O)CCc3ccc(Cl)cc3)C2)n1. The Morgan fingerprint density at radius 1 is 1.35 bits per heavy atom. The molecule has 0 bridgehead atoms. The molecule has 2 aromatic rings. The summed E-state index contributed by atoms with van der Waals surface area (Å²) in [6, 6.07) is 7.71. The van der Waals surface area contributed by atoms with Gasteiger partial charge in [-0.2, -0.15) is 0 Å². The minimum Gasteiger partial charge on any atom is -0.342 e. The van der Waals surface area contributed by atoms with Crippen LogP contribution in [0.5, 0.6) is 0 Å². The Kier molecular flexibility index (Phi) is 4.71. The molecule has 5 heteroatoms. The van der Waals surface area contributed by atoms with Crippen LogP contribution in [0.25, 0.3) is 0 Å². The van der Waals surface area contributed by atoms with E-state index in [1.807, 2.05) is 49.3 Å². The Morgan fingerprint density at radius 3 is 2.74 bits per heavy atom. The Balaban J connectivity index is 1.55. The van der Waals surface area contributed by atoms with Crippen LogP contribution < -0.4 is 0 Å². The Bertz CT molecular complexity index is 693. The summed E-state index contributed by atoms with van der Waals surface area (Å²) in [5.41, 5.74) is 2.19. The maximum atomic E-state index is 12.4. The van der Waals surface area contributed by atoms with Gasteiger partial charge in [-0.25, -0.2) is 4.98 Å². The summed E-state index contributed by atoms with van der Waals surface area (Å²) >= 11 is 5.88. The minimum absolute atomic E-state index is 0.230. The first kappa shape index (κ1) is 16.1. The number of aromatic nitrogens is 2. The molecule has 1 aromatic carbocycles. The van der Waals surface area contributed by atoms with Crippen LogP contribution in [0.1, 0.15) is 35.8 Å². The highest BCUT2D eigenvalue weighted by Crippen LogP contribution is 2.27. The molecule has 1 aromatic heterocycles. The number of aryl methyl sites for hydroxylation is 3. The van der Waals surface area contributed by atoms with E-state index in [4.69, 9.17) is 11.6 Å². The van der Waals surface area contributed by atoms with Crippen molar-refractivity contribution in [3.63, 3.8) is 0 Å². The molecule has 1 atom stereocenters. The highest BCUT2D eigenvalue weighted by molar-refractivity contribution is 6.30. The fourth-order valence-corrected chi connectivity index (χ4v) is 3.40. The molecule has 0 N–H and O–H groups in total. The van der Waals surface area contributed by atoms with E-state index >= 15 is 0 Å². The van der Waals surface area contributed by atoms with E-state index in [1.165, 1.54) is 0 Å². The van der Waals surface area contributed by atoms with Gasteiger partial charge in [0.15, 0.2) is 0 Å². The summed E-state index contributed by atoms with van der Waals surface area (Å²) in [5, 5.41) is 0.729. The second-order valence-corrected chi connectivity index (χ2v) is 6.74. The lowest BCUT2D eigenvalue weighted by atomic mass is 10.1.